The molecule has 0 amide bonds. The number of hydrogen-bond acceptors (Lipinski definition) is 2. The molecule has 0 aliphatic carbocycles. The predicted octanol–water partition coefficient (Wildman–Crippen LogP) is 1.05. The first kappa shape index (κ1) is 16.2. The van der Waals surface area contributed by atoms with Crippen LogP contribution in [0, 0.1) is 0 Å². The van der Waals surface area contributed by atoms with Crippen LogP contribution in [0.5, 0.6) is 0 Å². The third-order valence-electron chi connectivity index (χ3n) is 0. The molecular formula is C5H12O2. The molecule has 0 N–H and O–H groups in total. The second-order valence-electron chi connectivity index (χ2n) is 0.707. The smallest absolute Gasteiger partial charge is 0.106 e. The monoisotopic (exact) mass is 104 g/mol. The Labute approximate surface area is 44.5 Å². The number of carbonyl (C=O) groups excluding carboxylic acids is 2. The summed E-state index contributed by atoms with van der Waals surface area (Å²) < 4.78 is 0. The highest BCUT2D eigenvalue weighted by Crippen LogP contribution is 1.56. The van der Waals surface area contributed by atoms with Crippen molar-refractivity contribution in [2.45, 2.75) is 20.3 Å². The van der Waals surface area contributed by atoms with Gasteiger partial charge in [-0.15, -0.1) is 0 Å². The Balaban J connectivity index is -0.0000000360. The van der Waals surface area contributed by atoms with Gasteiger partial charge in [0.05, 0.1) is 0 Å². The molecule has 7 heavy (non-hydrogen) atoms. The van der Waals surface area contributed by atoms with Crippen LogP contribution in [0.2, 0.25) is 0 Å². The molecule has 0 aromatic rings. The highest BCUT2D eigenvalue weighted by atomic mass is 16.1. The molecule has 0 saturated heterocycles. The summed E-state index contributed by atoms with van der Waals surface area (Å²) in [5.74, 6) is 0. The van der Waals surface area contributed by atoms with E-state index in [0.717, 1.165) is 0 Å². The van der Waals surface area contributed by atoms with Crippen LogP contribution in [0.1, 0.15) is 20.3 Å². The predicted molar refractivity (Wildman–Crippen MR) is 30.2 cm³/mol. The Bertz CT molecular complexity index is 13.6. The molecule has 0 fully saturated rings. The minimum Gasteiger partial charge on any atom is -0.307 e. The summed E-state index contributed by atoms with van der Waals surface area (Å²) in [7, 11) is 0. The van der Waals surface area contributed by atoms with Crippen LogP contribution in [0.4, 0.5) is 0 Å². The fraction of sp³-hybridized carbons (Fsp3) is 0.600. The summed E-state index contributed by atoms with van der Waals surface area (Å²) in [6, 6.07) is 0. The van der Waals surface area contributed by atoms with E-state index in [-0.39, 0.29) is 0 Å². The van der Waals surface area contributed by atoms with Gasteiger partial charge in [-0.2, -0.15) is 0 Å². The molecule has 0 spiro atoms. The van der Waals surface area contributed by atoms with E-state index in [2.05, 4.69) is 13.8 Å². The van der Waals surface area contributed by atoms with Crippen molar-refractivity contribution in [2.24, 2.45) is 0 Å². The van der Waals surface area contributed by atoms with Crippen LogP contribution in [-0.2, 0) is 9.59 Å². The van der Waals surface area contributed by atoms with Crippen molar-refractivity contribution >= 4 is 13.6 Å². The molecule has 0 heterocycles. The van der Waals surface area contributed by atoms with Gasteiger partial charge in [0.15, 0.2) is 0 Å². The highest BCUT2D eigenvalue weighted by molar-refractivity contribution is 5.11. The molecule has 44 valence electrons. The van der Waals surface area contributed by atoms with Crippen LogP contribution < -0.4 is 0 Å². The maximum Gasteiger partial charge on any atom is 0.106 e. The van der Waals surface area contributed by atoms with Gasteiger partial charge in [0.25, 0.3) is 0 Å². The lowest BCUT2D eigenvalue weighted by atomic mass is 10.6. The summed E-state index contributed by atoms with van der Waals surface area (Å²) in [5.41, 5.74) is 0. The lowest BCUT2D eigenvalue weighted by molar-refractivity contribution is -0.0987. The molecule has 0 aliphatic rings. The fourth-order valence-electron chi connectivity index (χ4n) is 0. The molecular weight excluding hydrogens is 92.1 g/mol. The minimum absolute atomic E-state index is 1.25. The molecule has 0 atom stereocenters. The second-order valence-corrected chi connectivity index (χ2v) is 0.707. The topological polar surface area (TPSA) is 34.1 Å². The zero-order valence-electron chi connectivity index (χ0n) is 4.94. The second kappa shape index (κ2) is 870. The fourth-order valence-corrected chi connectivity index (χ4v) is 0. The molecule has 0 unspecified atom stereocenters. The van der Waals surface area contributed by atoms with Gasteiger partial charge in [0.2, 0.25) is 0 Å². The van der Waals surface area contributed by atoms with Gasteiger partial charge in [-0.3, -0.25) is 0 Å². The molecule has 0 rings (SSSR count). The molecule has 0 saturated carbocycles. The molecule has 0 aliphatic heterocycles. The number of hydrogen-bond donors (Lipinski definition) is 0. The van der Waals surface area contributed by atoms with Crippen molar-refractivity contribution in [1.82, 2.24) is 0 Å². The number of rotatable bonds is 0. The third-order valence-corrected chi connectivity index (χ3v) is 0. The Kier molecular flexibility index (Phi) is 2010. The van der Waals surface area contributed by atoms with Crippen molar-refractivity contribution in [3.8, 4) is 0 Å². The van der Waals surface area contributed by atoms with E-state index in [9.17, 15) is 0 Å². The van der Waals surface area contributed by atoms with Crippen molar-refractivity contribution in [1.29, 1.82) is 0 Å². The van der Waals surface area contributed by atoms with Crippen molar-refractivity contribution in [3.63, 3.8) is 0 Å². The summed E-state index contributed by atoms with van der Waals surface area (Å²) in [6.07, 6.45) is 1.25. The van der Waals surface area contributed by atoms with E-state index < -0.39 is 0 Å². The van der Waals surface area contributed by atoms with Crippen molar-refractivity contribution in [2.75, 3.05) is 0 Å². The highest BCUT2D eigenvalue weighted by Gasteiger charge is 1.35. The summed E-state index contributed by atoms with van der Waals surface area (Å²) in [4.78, 5) is 16.0. The third kappa shape index (κ3) is 137. The first-order valence-electron chi connectivity index (χ1n) is 1.99. The van der Waals surface area contributed by atoms with E-state index in [4.69, 9.17) is 9.59 Å². The lowest BCUT2D eigenvalue weighted by Crippen LogP contribution is -1.27. The van der Waals surface area contributed by atoms with E-state index >= 15 is 0 Å². The van der Waals surface area contributed by atoms with Gasteiger partial charge >= 0.3 is 0 Å². The van der Waals surface area contributed by atoms with Gasteiger partial charge in [-0.05, 0) is 0 Å². The van der Waals surface area contributed by atoms with Gasteiger partial charge in [0, 0.05) is 0 Å². The quantitative estimate of drug-likeness (QED) is 0.460. The summed E-state index contributed by atoms with van der Waals surface area (Å²) in [6.45, 7) is 8.25. The van der Waals surface area contributed by atoms with Crippen molar-refractivity contribution < 1.29 is 9.59 Å². The Morgan fingerprint density at radius 3 is 1.00 bits per heavy atom. The maximum absolute atomic E-state index is 8.00. The van der Waals surface area contributed by atoms with Crippen LogP contribution in [0.15, 0.2) is 0 Å². The molecule has 0 aromatic heterocycles. The van der Waals surface area contributed by atoms with Gasteiger partial charge in [-0.25, -0.2) is 0 Å². The lowest BCUT2D eigenvalue weighted by Gasteiger charge is -1.48. The van der Waals surface area contributed by atoms with Crippen LogP contribution in [0.3, 0.4) is 0 Å². The summed E-state index contributed by atoms with van der Waals surface area (Å²) in [5, 5.41) is 0. The van der Waals surface area contributed by atoms with Crippen molar-refractivity contribution in [3.05, 3.63) is 0 Å². The van der Waals surface area contributed by atoms with Crippen LogP contribution in [-0.4, -0.2) is 13.6 Å². The average molecular weight is 104 g/mol. The number of carbonyl (C=O) groups is 2. The zero-order valence-corrected chi connectivity index (χ0v) is 4.94. The molecule has 2 heteroatoms. The molecule has 0 radical (unpaired) electrons. The normalized spacial score (nSPS) is 3.71. The Hall–Kier alpha value is -0.660. The van der Waals surface area contributed by atoms with E-state index in [0.29, 0.717) is 0 Å². The summed E-state index contributed by atoms with van der Waals surface area (Å²) >= 11 is 0. The molecule has 0 bridgehead atoms. The average Bonchev–Trinajstić information content (AvgIpc) is 1.78. The van der Waals surface area contributed by atoms with E-state index in [1.54, 1.807) is 0 Å². The van der Waals surface area contributed by atoms with Crippen LogP contribution >= 0.6 is 0 Å². The van der Waals surface area contributed by atoms with E-state index in [1.807, 2.05) is 13.6 Å². The minimum atomic E-state index is 1.25. The first-order valence-corrected chi connectivity index (χ1v) is 1.99. The largest absolute Gasteiger partial charge is 0.307 e. The van der Waals surface area contributed by atoms with Gasteiger partial charge < -0.3 is 9.59 Å². The van der Waals surface area contributed by atoms with Crippen LogP contribution in [0.25, 0.3) is 0 Å². The standard InChI is InChI=1S/C3H8.2CH2O/c1-3-2;2*1-2/h3H2,1-2H3;2*1H2. The first-order chi connectivity index (χ1) is 3.41. The van der Waals surface area contributed by atoms with E-state index in [1.165, 1.54) is 6.42 Å². The molecule has 0 aromatic carbocycles. The SMILES string of the molecule is C=O.C=O.CCC. The Morgan fingerprint density at radius 1 is 1.00 bits per heavy atom. The molecule has 2 nitrogen and oxygen atoms in total. The zero-order chi connectivity index (χ0) is 6.71. The Morgan fingerprint density at radius 2 is 1.00 bits per heavy atom. The van der Waals surface area contributed by atoms with Gasteiger partial charge in [0.1, 0.15) is 13.6 Å². The maximum atomic E-state index is 8.00. The van der Waals surface area contributed by atoms with Gasteiger partial charge in [-0.1, -0.05) is 20.3 Å².